The van der Waals surface area contributed by atoms with E-state index in [1.807, 2.05) is 0 Å². The normalized spacial score (nSPS) is 36.7. The fraction of sp³-hybridized carbons (Fsp3) is 1.00. The minimum atomic E-state index is 0.296. The second-order valence-corrected chi connectivity index (χ2v) is 2.96. The fourth-order valence-corrected chi connectivity index (χ4v) is 1.36. The van der Waals surface area contributed by atoms with Crippen LogP contribution in [0, 0.1) is 5.92 Å². The highest BCUT2D eigenvalue weighted by Crippen LogP contribution is 2.13. The van der Waals surface area contributed by atoms with E-state index in [4.69, 9.17) is 5.11 Å². The summed E-state index contributed by atoms with van der Waals surface area (Å²) in [5, 5.41) is 12.0. The zero-order valence-corrected chi connectivity index (χ0v) is 5.93. The Morgan fingerprint density at radius 2 is 2.44 bits per heavy atom. The van der Waals surface area contributed by atoms with Crippen LogP contribution in [0.2, 0.25) is 0 Å². The van der Waals surface area contributed by atoms with Crippen LogP contribution in [0.5, 0.6) is 0 Å². The van der Waals surface area contributed by atoms with Gasteiger partial charge >= 0.3 is 0 Å². The molecule has 0 unspecified atom stereocenters. The highest BCUT2D eigenvalue weighted by molar-refractivity contribution is 4.74. The molecule has 0 aromatic carbocycles. The van der Waals surface area contributed by atoms with Crippen molar-refractivity contribution < 1.29 is 5.11 Å². The van der Waals surface area contributed by atoms with E-state index in [0.717, 1.165) is 18.9 Å². The molecule has 54 valence electrons. The molecule has 0 bridgehead atoms. The molecule has 0 saturated carbocycles. The van der Waals surface area contributed by atoms with Gasteiger partial charge in [0.15, 0.2) is 0 Å². The minimum absolute atomic E-state index is 0.296. The molecular formula is C7H15NO. The van der Waals surface area contributed by atoms with Crippen molar-refractivity contribution in [2.45, 2.75) is 25.8 Å². The topological polar surface area (TPSA) is 32.3 Å². The molecule has 1 fully saturated rings. The van der Waals surface area contributed by atoms with Crippen molar-refractivity contribution in [1.82, 2.24) is 5.32 Å². The number of aliphatic hydroxyl groups is 1. The van der Waals surface area contributed by atoms with E-state index in [9.17, 15) is 0 Å². The van der Waals surface area contributed by atoms with Gasteiger partial charge in [-0.3, -0.25) is 0 Å². The van der Waals surface area contributed by atoms with Crippen LogP contribution in [0.1, 0.15) is 19.8 Å². The van der Waals surface area contributed by atoms with Gasteiger partial charge in [0.05, 0.1) is 6.61 Å². The zero-order chi connectivity index (χ0) is 6.69. The van der Waals surface area contributed by atoms with Gasteiger partial charge in [0.25, 0.3) is 0 Å². The third-order valence-electron chi connectivity index (χ3n) is 1.98. The number of nitrogens with one attached hydrogen (secondary N) is 1. The fourth-order valence-electron chi connectivity index (χ4n) is 1.36. The minimum Gasteiger partial charge on any atom is -0.395 e. The Kier molecular flexibility index (Phi) is 2.49. The summed E-state index contributed by atoms with van der Waals surface area (Å²) in [6, 6.07) is 0.369. The van der Waals surface area contributed by atoms with Gasteiger partial charge in [0.1, 0.15) is 0 Å². The Bertz CT molecular complexity index is 85.0. The number of hydrogen-bond donors (Lipinski definition) is 2. The van der Waals surface area contributed by atoms with Gasteiger partial charge in [0.2, 0.25) is 0 Å². The van der Waals surface area contributed by atoms with Crippen LogP contribution in [0.3, 0.4) is 0 Å². The van der Waals surface area contributed by atoms with E-state index in [2.05, 4.69) is 12.2 Å². The van der Waals surface area contributed by atoms with Crippen LogP contribution in [0.15, 0.2) is 0 Å². The molecule has 1 rings (SSSR count). The van der Waals surface area contributed by atoms with Gasteiger partial charge in [0, 0.05) is 6.04 Å². The first kappa shape index (κ1) is 7.03. The van der Waals surface area contributed by atoms with Crippen molar-refractivity contribution >= 4 is 0 Å². The molecular weight excluding hydrogens is 114 g/mol. The monoisotopic (exact) mass is 129 g/mol. The highest BCUT2D eigenvalue weighted by atomic mass is 16.3. The van der Waals surface area contributed by atoms with Crippen LogP contribution in [0.4, 0.5) is 0 Å². The Hall–Kier alpha value is -0.0800. The maximum atomic E-state index is 8.75. The number of aliphatic hydroxyl groups excluding tert-OH is 1. The van der Waals surface area contributed by atoms with E-state index >= 15 is 0 Å². The van der Waals surface area contributed by atoms with Crippen molar-refractivity contribution in [3.05, 3.63) is 0 Å². The van der Waals surface area contributed by atoms with Gasteiger partial charge in [-0.15, -0.1) is 0 Å². The summed E-state index contributed by atoms with van der Waals surface area (Å²) >= 11 is 0. The molecule has 0 radical (unpaired) electrons. The van der Waals surface area contributed by atoms with Gasteiger partial charge in [-0.1, -0.05) is 6.92 Å². The second kappa shape index (κ2) is 3.18. The summed E-state index contributed by atoms with van der Waals surface area (Å²) in [5.41, 5.74) is 0. The Balaban J connectivity index is 2.23. The van der Waals surface area contributed by atoms with Gasteiger partial charge in [-0.25, -0.2) is 0 Å². The molecule has 1 saturated heterocycles. The lowest BCUT2D eigenvalue weighted by Crippen LogP contribution is -2.39. The first-order valence-electron chi connectivity index (χ1n) is 3.67. The molecule has 1 aliphatic rings. The van der Waals surface area contributed by atoms with Crippen molar-refractivity contribution in [2.75, 3.05) is 13.2 Å². The lowest BCUT2D eigenvalue weighted by atomic mass is 9.95. The first-order valence-corrected chi connectivity index (χ1v) is 3.67. The number of rotatable bonds is 1. The van der Waals surface area contributed by atoms with Crippen LogP contribution in [-0.4, -0.2) is 24.3 Å². The summed E-state index contributed by atoms with van der Waals surface area (Å²) in [6.07, 6.45) is 2.40. The van der Waals surface area contributed by atoms with Gasteiger partial charge in [-0.2, -0.15) is 0 Å². The second-order valence-electron chi connectivity index (χ2n) is 2.96. The van der Waals surface area contributed by atoms with Crippen molar-refractivity contribution in [2.24, 2.45) is 5.92 Å². The molecule has 0 aliphatic carbocycles. The molecule has 1 aliphatic heterocycles. The predicted molar refractivity (Wildman–Crippen MR) is 37.3 cm³/mol. The molecule has 2 heteroatoms. The van der Waals surface area contributed by atoms with Crippen molar-refractivity contribution in [3.63, 3.8) is 0 Å². The quantitative estimate of drug-likeness (QED) is 0.536. The Morgan fingerprint density at radius 1 is 1.67 bits per heavy atom. The molecule has 2 nitrogen and oxygen atoms in total. The van der Waals surface area contributed by atoms with Crippen LogP contribution >= 0.6 is 0 Å². The number of hydrogen-bond acceptors (Lipinski definition) is 2. The molecule has 2 atom stereocenters. The molecule has 9 heavy (non-hydrogen) atoms. The van der Waals surface area contributed by atoms with Crippen LogP contribution in [0.25, 0.3) is 0 Å². The average Bonchev–Trinajstić information content (AvgIpc) is 1.88. The van der Waals surface area contributed by atoms with Crippen molar-refractivity contribution in [1.29, 1.82) is 0 Å². The van der Waals surface area contributed by atoms with Crippen LogP contribution in [-0.2, 0) is 0 Å². The largest absolute Gasteiger partial charge is 0.395 e. The molecule has 0 spiro atoms. The summed E-state index contributed by atoms with van der Waals surface area (Å²) in [5.74, 6) is 0.795. The van der Waals surface area contributed by atoms with E-state index in [1.54, 1.807) is 0 Å². The SMILES string of the molecule is C[C@H]1CCN[C@@H](CO)C1. The summed E-state index contributed by atoms with van der Waals surface area (Å²) in [4.78, 5) is 0. The Morgan fingerprint density at radius 3 is 2.89 bits per heavy atom. The average molecular weight is 129 g/mol. The third kappa shape index (κ3) is 1.95. The first-order chi connectivity index (χ1) is 4.33. The smallest absolute Gasteiger partial charge is 0.0584 e. The zero-order valence-electron chi connectivity index (χ0n) is 5.93. The summed E-state index contributed by atoms with van der Waals surface area (Å²) in [7, 11) is 0. The number of piperidine rings is 1. The third-order valence-corrected chi connectivity index (χ3v) is 1.98. The highest BCUT2D eigenvalue weighted by Gasteiger charge is 2.16. The van der Waals surface area contributed by atoms with E-state index < -0.39 is 0 Å². The molecule has 0 aromatic rings. The standard InChI is InChI=1S/C7H15NO/c1-6-2-3-8-7(4-6)5-9/h6-9H,2-5H2,1H3/t6-,7+/m0/s1. The van der Waals surface area contributed by atoms with Crippen LogP contribution < -0.4 is 5.32 Å². The summed E-state index contributed by atoms with van der Waals surface area (Å²) in [6.45, 7) is 3.61. The van der Waals surface area contributed by atoms with Crippen molar-refractivity contribution in [3.8, 4) is 0 Å². The van der Waals surface area contributed by atoms with Gasteiger partial charge < -0.3 is 10.4 Å². The molecule has 0 amide bonds. The predicted octanol–water partition coefficient (Wildman–Crippen LogP) is 0.367. The maximum Gasteiger partial charge on any atom is 0.0584 e. The maximum absolute atomic E-state index is 8.75. The van der Waals surface area contributed by atoms with E-state index in [-0.39, 0.29) is 0 Å². The molecule has 0 aromatic heterocycles. The lowest BCUT2D eigenvalue weighted by Gasteiger charge is -2.26. The molecule has 1 heterocycles. The van der Waals surface area contributed by atoms with Gasteiger partial charge in [-0.05, 0) is 25.3 Å². The summed E-state index contributed by atoms with van der Waals surface area (Å²) < 4.78 is 0. The molecule has 2 N–H and O–H groups in total. The Labute approximate surface area is 56.3 Å². The van der Waals surface area contributed by atoms with E-state index in [1.165, 1.54) is 6.42 Å². The van der Waals surface area contributed by atoms with E-state index in [0.29, 0.717) is 12.6 Å². The lowest BCUT2D eigenvalue weighted by molar-refractivity contribution is 0.198.